The molecule has 4 amide bonds. The number of piperazine rings is 1. The molecule has 14 heteroatoms. The molecule has 4 aromatic rings. The number of rotatable bonds is 8. The number of nitrogens with one attached hydrogen (secondary N) is 5. The summed E-state index contributed by atoms with van der Waals surface area (Å²) in [6.45, 7) is 4.81. The molecule has 5 N–H and O–H groups in total. The van der Waals surface area contributed by atoms with Crippen molar-refractivity contribution in [2.45, 2.75) is 38.1 Å². The van der Waals surface area contributed by atoms with E-state index in [9.17, 15) is 27.6 Å². The van der Waals surface area contributed by atoms with Crippen LogP contribution in [0.1, 0.15) is 34.7 Å². The molecule has 10 rings (SSSR count). The Balaban J connectivity index is 1.28. The van der Waals surface area contributed by atoms with E-state index in [1.165, 1.54) is 0 Å². The van der Waals surface area contributed by atoms with Gasteiger partial charge >= 0.3 is 0 Å². The highest BCUT2D eigenvalue weighted by molar-refractivity contribution is 7.90. The highest BCUT2D eigenvalue weighted by Crippen LogP contribution is 2.19. The molecule has 0 aromatic heterocycles. The van der Waals surface area contributed by atoms with Crippen LogP contribution in [0.15, 0.2) is 103 Å². The van der Waals surface area contributed by atoms with Gasteiger partial charge in [0.05, 0.1) is 30.5 Å². The number of hydrogen-bond donors (Lipinski definition) is 5. The third-order valence-electron chi connectivity index (χ3n) is 10.1. The monoisotopic (exact) mass is 791 g/mol. The number of carbonyl (C=O) groups is 4. The van der Waals surface area contributed by atoms with E-state index in [4.69, 9.17) is 5.41 Å². The van der Waals surface area contributed by atoms with Crippen LogP contribution in [0.25, 0.3) is 0 Å². The highest BCUT2D eigenvalue weighted by atomic mass is 32.2. The van der Waals surface area contributed by atoms with Crippen molar-refractivity contribution in [3.63, 3.8) is 0 Å². The van der Waals surface area contributed by atoms with E-state index in [1.54, 1.807) is 97.9 Å². The molecule has 13 nitrogen and oxygen atoms in total. The van der Waals surface area contributed by atoms with Crippen LogP contribution in [0.5, 0.6) is 0 Å². The number of carbonyl (C=O) groups excluding carboxylic acids is 4. The van der Waals surface area contributed by atoms with Crippen LogP contribution in [-0.4, -0.2) is 98.6 Å². The average Bonchev–Trinajstić information content (AvgIpc) is 3.18. The van der Waals surface area contributed by atoms with Crippen molar-refractivity contribution in [3.8, 4) is 0 Å². The Morgan fingerprint density at radius 1 is 0.719 bits per heavy atom. The predicted octanol–water partition coefficient (Wildman–Crippen LogP) is 3.40. The summed E-state index contributed by atoms with van der Waals surface area (Å²) in [4.78, 5) is 58.1. The zero-order chi connectivity index (χ0) is 40.4. The summed E-state index contributed by atoms with van der Waals surface area (Å²) in [6.07, 6.45) is 0.166. The topological polar surface area (TPSA) is 181 Å². The molecule has 0 spiro atoms. The Hall–Kier alpha value is -5.70. The molecule has 6 aliphatic heterocycles. The van der Waals surface area contributed by atoms with Gasteiger partial charge < -0.3 is 26.7 Å². The van der Waals surface area contributed by atoms with Crippen molar-refractivity contribution < 1.29 is 27.6 Å². The number of sulfone groups is 1. The Morgan fingerprint density at radius 2 is 1.25 bits per heavy atom. The van der Waals surface area contributed by atoms with E-state index in [2.05, 4.69) is 21.3 Å². The molecule has 1 saturated heterocycles. The van der Waals surface area contributed by atoms with Gasteiger partial charge in [-0.25, -0.2) is 8.42 Å². The Bertz CT molecular complexity index is 2150. The molecule has 298 valence electrons. The summed E-state index contributed by atoms with van der Waals surface area (Å²) in [5.74, 6) is -3.16. The smallest absolute Gasteiger partial charge is 0.243 e. The van der Waals surface area contributed by atoms with Crippen LogP contribution >= 0.6 is 0 Å². The molecule has 4 aromatic carbocycles. The zero-order valence-corrected chi connectivity index (χ0v) is 32.8. The van der Waals surface area contributed by atoms with Crippen molar-refractivity contribution in [2.24, 2.45) is 5.92 Å². The van der Waals surface area contributed by atoms with E-state index in [0.717, 1.165) is 16.7 Å². The largest absolute Gasteiger partial charge is 0.350 e. The molecule has 6 heterocycles. The van der Waals surface area contributed by atoms with E-state index in [1.807, 2.05) is 21.9 Å². The van der Waals surface area contributed by atoms with Crippen LogP contribution in [0.2, 0.25) is 0 Å². The lowest BCUT2D eigenvalue weighted by Gasteiger charge is -2.33. The van der Waals surface area contributed by atoms with Crippen molar-refractivity contribution in [1.29, 1.82) is 5.41 Å². The Kier molecular flexibility index (Phi) is 13.6. The summed E-state index contributed by atoms with van der Waals surface area (Å²) in [7, 11) is -3.80. The van der Waals surface area contributed by atoms with Gasteiger partial charge in [0, 0.05) is 56.2 Å². The maximum absolute atomic E-state index is 14.3. The van der Waals surface area contributed by atoms with Crippen molar-refractivity contribution in [1.82, 2.24) is 20.4 Å². The lowest BCUT2D eigenvalue weighted by Crippen LogP contribution is -2.50. The first-order chi connectivity index (χ1) is 27.4. The second-order valence-corrected chi connectivity index (χ2v) is 16.9. The van der Waals surface area contributed by atoms with Gasteiger partial charge in [-0.15, -0.1) is 0 Å². The number of fused-ring (bicyclic) bond motifs is 1. The summed E-state index contributed by atoms with van der Waals surface area (Å²) >= 11 is 0. The molecule has 2 atom stereocenters. The highest BCUT2D eigenvalue weighted by Gasteiger charge is 2.30. The van der Waals surface area contributed by atoms with Crippen molar-refractivity contribution >= 4 is 50.6 Å². The molecule has 0 radical (unpaired) electrons. The van der Waals surface area contributed by atoms with E-state index >= 15 is 0 Å². The van der Waals surface area contributed by atoms with E-state index in [0.29, 0.717) is 54.4 Å². The van der Waals surface area contributed by atoms with E-state index in [-0.39, 0.29) is 50.0 Å². The van der Waals surface area contributed by atoms with Gasteiger partial charge in [-0.3, -0.25) is 29.0 Å². The van der Waals surface area contributed by atoms with Crippen molar-refractivity contribution in [3.05, 3.63) is 131 Å². The molecule has 6 aliphatic rings. The van der Waals surface area contributed by atoms with Crippen molar-refractivity contribution in [2.75, 3.05) is 55.7 Å². The summed E-state index contributed by atoms with van der Waals surface area (Å²) in [5, 5.41) is 19.5. The molecule has 0 aliphatic carbocycles. The van der Waals surface area contributed by atoms with Gasteiger partial charge in [0.25, 0.3) is 0 Å². The third-order valence-corrected chi connectivity index (χ3v) is 11.8. The van der Waals surface area contributed by atoms with Crippen LogP contribution in [-0.2, 0) is 54.2 Å². The molecular formula is C43H49N7O6S. The van der Waals surface area contributed by atoms with Gasteiger partial charge in [-0.1, -0.05) is 78.9 Å². The lowest BCUT2D eigenvalue weighted by atomic mass is 9.98. The minimum atomic E-state index is -3.80. The van der Waals surface area contributed by atoms with E-state index < -0.39 is 39.4 Å². The number of benzene rings is 4. The van der Waals surface area contributed by atoms with Gasteiger partial charge in [0.2, 0.25) is 23.6 Å². The second kappa shape index (κ2) is 19.0. The lowest BCUT2D eigenvalue weighted by molar-refractivity contribution is -0.130. The predicted molar refractivity (Wildman–Crippen MR) is 221 cm³/mol. The second-order valence-electron chi connectivity index (χ2n) is 14.8. The molecular weight excluding hydrogens is 743 g/mol. The number of nitrogens with zero attached hydrogens (tertiary/aromatic N) is 2. The fourth-order valence-corrected chi connectivity index (χ4v) is 8.69. The maximum atomic E-state index is 14.3. The van der Waals surface area contributed by atoms with Crippen LogP contribution in [0.3, 0.4) is 0 Å². The zero-order valence-electron chi connectivity index (χ0n) is 32.0. The average molecular weight is 792 g/mol. The Labute approximate surface area is 333 Å². The quantitative estimate of drug-likeness (QED) is 0.169. The molecule has 0 saturated carbocycles. The minimum Gasteiger partial charge on any atom is -0.350 e. The number of amides is 4. The summed E-state index contributed by atoms with van der Waals surface area (Å²) in [5.41, 5.74) is 5.14. The fraction of sp³-hybridized carbons (Fsp3) is 0.326. The normalized spacial score (nSPS) is 20.8. The minimum absolute atomic E-state index is 0.0693. The first-order valence-electron chi connectivity index (χ1n) is 19.1. The van der Waals surface area contributed by atoms with Gasteiger partial charge in [-0.2, -0.15) is 0 Å². The van der Waals surface area contributed by atoms with Crippen LogP contribution in [0.4, 0.5) is 11.4 Å². The standard InChI is InChI=1S/C43H49N7O6S/c1-30(44)35-13-7-33(8-14-35)25-45-43(54)39-24-32-11-17-38(18-12-32)47-41(52)27-50-21-19-49(20-22-50)26-40(51)46-37-15-9-31(10-16-37)23-36(42(53)48-39)29-57(55,56)28-34-5-3-2-4-6-34/h2-18,36,39,44H,19-29H2,1H3,(H,45,54)(H,46,51)(H,47,52)(H,48,53)/t36-,39-/m0/s1. The SMILES string of the molecule is CC(=N)c1ccc(CNC(=O)[C@@H]2Cc3ccc(cc3)NC(=O)CN3CCN(CC3)CC(=O)Nc3ccc(cc3)C[C@@H](CS(=O)(=O)Cc3ccccc3)C(=O)N2)cc1. The molecule has 1 fully saturated rings. The first kappa shape index (κ1) is 40.9. The third kappa shape index (κ3) is 12.4. The number of hydrogen-bond acceptors (Lipinski definition) is 9. The van der Waals surface area contributed by atoms with Gasteiger partial charge in [0.1, 0.15) is 6.04 Å². The molecule has 57 heavy (non-hydrogen) atoms. The van der Waals surface area contributed by atoms with Gasteiger partial charge in [0.15, 0.2) is 9.84 Å². The molecule has 0 unspecified atom stereocenters. The van der Waals surface area contributed by atoms with Crippen LogP contribution in [0, 0.1) is 11.3 Å². The number of anilines is 2. The summed E-state index contributed by atoms with van der Waals surface area (Å²) in [6, 6.07) is 29.0. The maximum Gasteiger partial charge on any atom is 0.243 e. The van der Waals surface area contributed by atoms with Crippen LogP contribution < -0.4 is 21.3 Å². The molecule has 6 bridgehead atoms. The first-order valence-corrected chi connectivity index (χ1v) is 20.9. The summed E-state index contributed by atoms with van der Waals surface area (Å²) < 4.78 is 27.3. The van der Waals surface area contributed by atoms with Gasteiger partial charge in [-0.05, 0) is 65.4 Å². The fourth-order valence-electron chi connectivity index (χ4n) is 6.99. The Morgan fingerprint density at radius 3 is 1.77 bits per heavy atom.